The summed E-state index contributed by atoms with van der Waals surface area (Å²) >= 11 is 5.61. The van der Waals surface area contributed by atoms with Crippen molar-refractivity contribution in [1.29, 1.82) is 0 Å². The Kier molecular flexibility index (Phi) is 4.40. The van der Waals surface area contributed by atoms with E-state index in [0.29, 0.717) is 5.56 Å². The fourth-order valence-electron chi connectivity index (χ4n) is 1.50. The zero-order valence-electron chi connectivity index (χ0n) is 9.71. The van der Waals surface area contributed by atoms with Gasteiger partial charge in [-0.15, -0.1) is 0 Å². The Morgan fingerprint density at radius 1 is 1.22 bits per heavy atom. The molecule has 2 nitrogen and oxygen atoms in total. The number of halogens is 2. The molecule has 1 amide bonds. The molecule has 2 aromatic carbocycles. The van der Waals surface area contributed by atoms with Gasteiger partial charge in [-0.3, -0.25) is 4.79 Å². The van der Waals surface area contributed by atoms with Crippen molar-refractivity contribution in [3.63, 3.8) is 0 Å². The van der Waals surface area contributed by atoms with Crippen molar-refractivity contribution in [1.82, 2.24) is 0 Å². The van der Waals surface area contributed by atoms with Crippen LogP contribution in [0.1, 0.15) is 15.9 Å². The highest BCUT2D eigenvalue weighted by Gasteiger charge is 2.06. The SMILES string of the molecule is Cc1ccc(NC(=O)c2cccc(Br)c2)cc1I. The summed E-state index contributed by atoms with van der Waals surface area (Å²) in [5.41, 5.74) is 2.66. The molecule has 0 atom stereocenters. The van der Waals surface area contributed by atoms with Crippen LogP contribution in [0.2, 0.25) is 0 Å². The van der Waals surface area contributed by atoms with Gasteiger partial charge in [0, 0.05) is 19.3 Å². The molecule has 0 aliphatic heterocycles. The highest BCUT2D eigenvalue weighted by atomic mass is 127. The summed E-state index contributed by atoms with van der Waals surface area (Å²) in [5.74, 6) is -0.101. The van der Waals surface area contributed by atoms with Gasteiger partial charge in [0.15, 0.2) is 0 Å². The van der Waals surface area contributed by atoms with Gasteiger partial charge in [-0.05, 0) is 65.4 Å². The van der Waals surface area contributed by atoms with Crippen LogP contribution in [0.3, 0.4) is 0 Å². The van der Waals surface area contributed by atoms with Gasteiger partial charge in [-0.25, -0.2) is 0 Å². The molecule has 0 heterocycles. The van der Waals surface area contributed by atoms with E-state index in [1.54, 1.807) is 12.1 Å². The number of carbonyl (C=O) groups excluding carboxylic acids is 1. The molecule has 2 aromatic rings. The Bertz CT molecular complexity index is 598. The summed E-state index contributed by atoms with van der Waals surface area (Å²) in [5, 5.41) is 2.89. The number of carbonyl (C=O) groups is 1. The van der Waals surface area contributed by atoms with Crippen molar-refractivity contribution < 1.29 is 4.79 Å². The first-order valence-corrected chi connectivity index (χ1v) is 7.26. The molecule has 18 heavy (non-hydrogen) atoms. The summed E-state index contributed by atoms with van der Waals surface area (Å²) in [7, 11) is 0. The number of benzene rings is 2. The number of nitrogens with one attached hydrogen (secondary N) is 1. The third-order valence-corrected chi connectivity index (χ3v) is 4.17. The molecule has 0 bridgehead atoms. The maximum absolute atomic E-state index is 12.0. The quantitative estimate of drug-likeness (QED) is 0.712. The van der Waals surface area contributed by atoms with Crippen LogP contribution in [0.5, 0.6) is 0 Å². The van der Waals surface area contributed by atoms with Crippen LogP contribution < -0.4 is 5.32 Å². The lowest BCUT2D eigenvalue weighted by Gasteiger charge is -2.07. The minimum atomic E-state index is -0.101. The lowest BCUT2D eigenvalue weighted by atomic mass is 10.2. The molecule has 0 saturated heterocycles. The van der Waals surface area contributed by atoms with Crippen molar-refractivity contribution in [3.05, 3.63) is 61.6 Å². The van der Waals surface area contributed by atoms with E-state index in [9.17, 15) is 4.79 Å². The van der Waals surface area contributed by atoms with Gasteiger partial charge in [0.1, 0.15) is 0 Å². The predicted molar refractivity (Wildman–Crippen MR) is 86.0 cm³/mol. The van der Waals surface area contributed by atoms with E-state index in [1.807, 2.05) is 37.3 Å². The Morgan fingerprint density at radius 2 is 2.00 bits per heavy atom. The van der Waals surface area contributed by atoms with Crippen molar-refractivity contribution >= 4 is 50.1 Å². The molecule has 0 unspecified atom stereocenters. The average Bonchev–Trinajstić information content (AvgIpc) is 2.34. The van der Waals surface area contributed by atoms with Gasteiger partial charge in [0.25, 0.3) is 5.91 Å². The summed E-state index contributed by atoms with van der Waals surface area (Å²) in [6.07, 6.45) is 0. The lowest BCUT2D eigenvalue weighted by molar-refractivity contribution is 0.102. The van der Waals surface area contributed by atoms with Crippen LogP contribution in [-0.2, 0) is 0 Å². The third-order valence-electron chi connectivity index (χ3n) is 2.52. The molecule has 2 rings (SSSR count). The molecule has 0 aliphatic rings. The van der Waals surface area contributed by atoms with Crippen molar-refractivity contribution in [2.45, 2.75) is 6.92 Å². The molecular weight excluding hydrogens is 405 g/mol. The van der Waals surface area contributed by atoms with Gasteiger partial charge in [-0.1, -0.05) is 28.1 Å². The fraction of sp³-hybridized carbons (Fsp3) is 0.0714. The van der Waals surface area contributed by atoms with Crippen LogP contribution in [0.15, 0.2) is 46.9 Å². The zero-order chi connectivity index (χ0) is 13.1. The van der Waals surface area contributed by atoms with Crippen molar-refractivity contribution in [3.8, 4) is 0 Å². The summed E-state index contributed by atoms with van der Waals surface area (Å²) in [6, 6.07) is 13.2. The molecule has 0 spiro atoms. The molecule has 92 valence electrons. The smallest absolute Gasteiger partial charge is 0.255 e. The van der Waals surface area contributed by atoms with Gasteiger partial charge < -0.3 is 5.32 Å². The first kappa shape index (κ1) is 13.5. The Morgan fingerprint density at radius 3 is 2.67 bits per heavy atom. The average molecular weight is 416 g/mol. The molecule has 0 saturated carbocycles. The van der Waals surface area contributed by atoms with Gasteiger partial charge >= 0.3 is 0 Å². The van der Waals surface area contributed by atoms with E-state index >= 15 is 0 Å². The molecule has 1 N–H and O–H groups in total. The topological polar surface area (TPSA) is 29.1 Å². The normalized spacial score (nSPS) is 10.2. The van der Waals surface area contributed by atoms with E-state index in [-0.39, 0.29) is 5.91 Å². The number of aryl methyl sites for hydroxylation is 1. The number of rotatable bonds is 2. The zero-order valence-corrected chi connectivity index (χ0v) is 13.4. The molecule has 0 aromatic heterocycles. The largest absolute Gasteiger partial charge is 0.322 e. The molecule has 0 aliphatic carbocycles. The Balaban J connectivity index is 2.18. The van der Waals surface area contributed by atoms with E-state index in [0.717, 1.165) is 13.7 Å². The summed E-state index contributed by atoms with van der Waals surface area (Å²) in [6.45, 7) is 2.04. The van der Waals surface area contributed by atoms with Crippen LogP contribution in [0, 0.1) is 10.5 Å². The maximum atomic E-state index is 12.0. The van der Waals surface area contributed by atoms with E-state index in [4.69, 9.17) is 0 Å². The van der Waals surface area contributed by atoms with Crippen LogP contribution in [0.4, 0.5) is 5.69 Å². The maximum Gasteiger partial charge on any atom is 0.255 e. The minimum Gasteiger partial charge on any atom is -0.322 e. The van der Waals surface area contributed by atoms with Crippen molar-refractivity contribution in [2.24, 2.45) is 0 Å². The number of amides is 1. The second-order valence-corrected chi connectivity index (χ2v) is 6.01. The van der Waals surface area contributed by atoms with Crippen molar-refractivity contribution in [2.75, 3.05) is 5.32 Å². The second-order valence-electron chi connectivity index (χ2n) is 3.93. The Hall–Kier alpha value is -0.880. The van der Waals surface area contributed by atoms with Crippen LogP contribution in [0.25, 0.3) is 0 Å². The highest BCUT2D eigenvalue weighted by Crippen LogP contribution is 2.18. The predicted octanol–water partition coefficient (Wildman–Crippen LogP) is 4.61. The standard InChI is InChI=1S/C14H11BrINO/c1-9-5-6-12(8-13(9)16)17-14(18)10-3-2-4-11(15)7-10/h2-8H,1H3,(H,17,18). The number of anilines is 1. The third kappa shape index (κ3) is 3.32. The summed E-state index contributed by atoms with van der Waals surface area (Å²) in [4.78, 5) is 12.0. The van der Waals surface area contributed by atoms with E-state index < -0.39 is 0 Å². The highest BCUT2D eigenvalue weighted by molar-refractivity contribution is 14.1. The van der Waals surface area contributed by atoms with E-state index in [1.165, 1.54) is 5.56 Å². The molecule has 0 fully saturated rings. The van der Waals surface area contributed by atoms with Gasteiger partial charge in [0.2, 0.25) is 0 Å². The minimum absolute atomic E-state index is 0.101. The first-order valence-electron chi connectivity index (χ1n) is 5.39. The lowest BCUT2D eigenvalue weighted by Crippen LogP contribution is -2.11. The Labute approximate surface area is 128 Å². The van der Waals surface area contributed by atoms with Crippen LogP contribution in [-0.4, -0.2) is 5.91 Å². The molecule has 0 radical (unpaired) electrons. The van der Waals surface area contributed by atoms with Gasteiger partial charge in [0.05, 0.1) is 0 Å². The molecule has 4 heteroatoms. The number of hydrogen-bond donors (Lipinski definition) is 1. The molecular formula is C14H11BrINO. The monoisotopic (exact) mass is 415 g/mol. The van der Waals surface area contributed by atoms with Crippen LogP contribution >= 0.6 is 38.5 Å². The summed E-state index contributed by atoms with van der Waals surface area (Å²) < 4.78 is 2.04. The van der Waals surface area contributed by atoms with E-state index in [2.05, 4.69) is 43.8 Å². The number of hydrogen-bond acceptors (Lipinski definition) is 1. The van der Waals surface area contributed by atoms with Gasteiger partial charge in [-0.2, -0.15) is 0 Å². The second kappa shape index (κ2) is 5.84. The first-order chi connectivity index (χ1) is 8.56. The fourth-order valence-corrected chi connectivity index (χ4v) is 2.42.